The Morgan fingerprint density at radius 1 is 1.82 bits per heavy atom. The van der Waals surface area contributed by atoms with Gasteiger partial charge in [-0.25, -0.2) is 0 Å². The smallest absolute Gasteiger partial charge is 0.0593 e. The van der Waals surface area contributed by atoms with E-state index in [-0.39, 0.29) is 6.04 Å². The summed E-state index contributed by atoms with van der Waals surface area (Å²) >= 11 is 7.55. The zero-order valence-corrected chi connectivity index (χ0v) is 7.88. The maximum atomic E-state index is 5.97. The number of halogens is 1. The van der Waals surface area contributed by atoms with Gasteiger partial charge in [0.15, 0.2) is 0 Å². The fourth-order valence-electron chi connectivity index (χ4n) is 0.782. The van der Waals surface area contributed by atoms with Crippen LogP contribution < -0.4 is 5.73 Å². The summed E-state index contributed by atoms with van der Waals surface area (Å²) in [5.41, 5.74) is 6.80. The fourth-order valence-corrected chi connectivity index (χ4v) is 2.10. The molecule has 11 heavy (non-hydrogen) atoms. The normalized spacial score (nSPS) is 13.0. The molecule has 0 aromatic carbocycles. The van der Waals surface area contributed by atoms with Crippen LogP contribution in [0.4, 0.5) is 0 Å². The monoisotopic (exact) mass is 187 g/mol. The molecule has 0 radical (unpaired) electrons. The van der Waals surface area contributed by atoms with Crippen LogP contribution >= 0.6 is 22.9 Å². The molecule has 0 aliphatic rings. The molecule has 0 spiro atoms. The van der Waals surface area contributed by atoms with Crippen molar-refractivity contribution in [1.82, 2.24) is 0 Å². The topological polar surface area (TPSA) is 26.0 Å². The van der Waals surface area contributed by atoms with E-state index in [2.05, 4.69) is 6.58 Å². The number of aryl methyl sites for hydroxylation is 1. The number of hydrogen-bond donors (Lipinski definition) is 1. The summed E-state index contributed by atoms with van der Waals surface area (Å²) in [5, 5.41) is 2.78. The minimum atomic E-state index is -0.124. The first-order valence-electron chi connectivity index (χ1n) is 3.28. The Hall–Kier alpha value is -0.310. The average molecular weight is 188 g/mol. The van der Waals surface area contributed by atoms with E-state index in [1.54, 1.807) is 17.4 Å². The lowest BCUT2D eigenvalue weighted by Crippen LogP contribution is -2.04. The van der Waals surface area contributed by atoms with Gasteiger partial charge in [-0.2, -0.15) is 0 Å². The Bertz CT molecular complexity index is 267. The van der Waals surface area contributed by atoms with E-state index >= 15 is 0 Å². The van der Waals surface area contributed by atoms with Crippen LogP contribution in [0.5, 0.6) is 0 Å². The molecule has 0 amide bonds. The van der Waals surface area contributed by atoms with Crippen molar-refractivity contribution in [2.24, 2.45) is 5.73 Å². The van der Waals surface area contributed by atoms with E-state index in [9.17, 15) is 0 Å². The lowest BCUT2D eigenvalue weighted by atomic mass is 10.2. The third kappa shape index (κ3) is 1.64. The van der Waals surface area contributed by atoms with Gasteiger partial charge < -0.3 is 5.73 Å². The molecular formula is C8H10ClNS. The number of rotatable bonds is 2. The van der Waals surface area contributed by atoms with Crippen LogP contribution in [0.1, 0.15) is 16.5 Å². The van der Waals surface area contributed by atoms with E-state index in [1.807, 2.05) is 12.3 Å². The number of thiophene rings is 1. The Morgan fingerprint density at radius 3 is 2.82 bits per heavy atom. The molecule has 0 aliphatic heterocycles. The van der Waals surface area contributed by atoms with Crippen LogP contribution in [0.2, 0.25) is 5.02 Å². The summed E-state index contributed by atoms with van der Waals surface area (Å²) in [7, 11) is 0. The highest BCUT2D eigenvalue weighted by molar-refractivity contribution is 7.10. The maximum Gasteiger partial charge on any atom is 0.0593 e. The molecule has 3 heteroatoms. The van der Waals surface area contributed by atoms with E-state index in [0.717, 1.165) is 15.5 Å². The van der Waals surface area contributed by atoms with Crippen LogP contribution in [0.25, 0.3) is 0 Å². The summed E-state index contributed by atoms with van der Waals surface area (Å²) in [6.07, 6.45) is 1.69. The van der Waals surface area contributed by atoms with Gasteiger partial charge in [0.05, 0.1) is 11.1 Å². The molecule has 1 rings (SSSR count). The predicted octanol–water partition coefficient (Wildman–Crippen LogP) is 2.90. The highest BCUT2D eigenvalue weighted by atomic mass is 35.5. The second kappa shape index (κ2) is 3.39. The quantitative estimate of drug-likeness (QED) is 0.708. The van der Waals surface area contributed by atoms with Crippen molar-refractivity contribution < 1.29 is 0 Å². The Balaban J connectivity index is 3.03. The van der Waals surface area contributed by atoms with Gasteiger partial charge in [0.25, 0.3) is 0 Å². The zero-order valence-electron chi connectivity index (χ0n) is 6.30. The largest absolute Gasteiger partial charge is 0.320 e. The minimum Gasteiger partial charge on any atom is -0.320 e. The van der Waals surface area contributed by atoms with Crippen molar-refractivity contribution in [2.45, 2.75) is 13.0 Å². The summed E-state index contributed by atoms with van der Waals surface area (Å²) < 4.78 is 0. The highest BCUT2D eigenvalue weighted by Crippen LogP contribution is 2.31. The van der Waals surface area contributed by atoms with Crippen molar-refractivity contribution >= 4 is 22.9 Å². The molecule has 1 aromatic rings. The van der Waals surface area contributed by atoms with Gasteiger partial charge >= 0.3 is 0 Å². The third-order valence-corrected chi connectivity index (χ3v) is 3.30. The fraction of sp³-hybridized carbons (Fsp3) is 0.250. The van der Waals surface area contributed by atoms with Gasteiger partial charge in [-0.1, -0.05) is 17.7 Å². The van der Waals surface area contributed by atoms with Crippen molar-refractivity contribution in [3.63, 3.8) is 0 Å². The molecule has 2 N–H and O–H groups in total. The molecule has 0 saturated carbocycles. The standard InChI is InChI=1S/C8H10ClNS/c1-3-6(10)8-7(9)5(2)4-11-8/h3-4,6H,1,10H2,2H3/t6-/m0/s1. The van der Waals surface area contributed by atoms with Crippen LogP contribution in [-0.4, -0.2) is 0 Å². The Morgan fingerprint density at radius 2 is 2.45 bits per heavy atom. The SMILES string of the molecule is C=C[C@H](N)c1scc(C)c1Cl. The predicted molar refractivity (Wildman–Crippen MR) is 51.2 cm³/mol. The van der Waals surface area contributed by atoms with Crippen LogP contribution in [0.15, 0.2) is 18.0 Å². The van der Waals surface area contributed by atoms with Gasteiger partial charge in [-0.15, -0.1) is 17.9 Å². The van der Waals surface area contributed by atoms with Gasteiger partial charge in [-0.3, -0.25) is 0 Å². The highest BCUT2D eigenvalue weighted by Gasteiger charge is 2.10. The molecule has 1 nitrogen and oxygen atoms in total. The van der Waals surface area contributed by atoms with Crippen molar-refractivity contribution in [1.29, 1.82) is 0 Å². The first kappa shape index (κ1) is 8.78. The maximum absolute atomic E-state index is 5.97. The second-order valence-corrected chi connectivity index (χ2v) is 3.65. The summed E-state index contributed by atoms with van der Waals surface area (Å²) in [4.78, 5) is 0.999. The van der Waals surface area contributed by atoms with Gasteiger partial charge in [0, 0.05) is 4.88 Å². The minimum absolute atomic E-state index is 0.124. The molecule has 1 atom stereocenters. The zero-order chi connectivity index (χ0) is 8.43. The summed E-state index contributed by atoms with van der Waals surface area (Å²) in [6, 6.07) is -0.124. The van der Waals surface area contributed by atoms with E-state index in [0.29, 0.717) is 0 Å². The van der Waals surface area contributed by atoms with Crippen molar-refractivity contribution in [2.75, 3.05) is 0 Å². The molecule has 1 heterocycles. The summed E-state index contributed by atoms with van der Waals surface area (Å²) in [5.74, 6) is 0. The first-order chi connectivity index (χ1) is 5.16. The summed E-state index contributed by atoms with van der Waals surface area (Å²) in [6.45, 7) is 5.58. The lowest BCUT2D eigenvalue weighted by Gasteiger charge is -2.02. The third-order valence-electron chi connectivity index (χ3n) is 1.48. The molecule has 0 fully saturated rings. The van der Waals surface area contributed by atoms with Gasteiger partial charge in [0.1, 0.15) is 0 Å². The Kier molecular flexibility index (Phi) is 2.71. The first-order valence-corrected chi connectivity index (χ1v) is 4.54. The van der Waals surface area contributed by atoms with Crippen LogP contribution in [-0.2, 0) is 0 Å². The second-order valence-electron chi connectivity index (χ2n) is 2.36. The molecule has 0 saturated heterocycles. The van der Waals surface area contributed by atoms with Crippen LogP contribution in [0, 0.1) is 6.92 Å². The molecular weight excluding hydrogens is 178 g/mol. The van der Waals surface area contributed by atoms with E-state index in [1.165, 1.54) is 0 Å². The van der Waals surface area contributed by atoms with Gasteiger partial charge in [-0.05, 0) is 17.9 Å². The molecule has 0 aliphatic carbocycles. The van der Waals surface area contributed by atoms with E-state index < -0.39 is 0 Å². The number of nitrogens with two attached hydrogens (primary N) is 1. The molecule has 60 valence electrons. The van der Waals surface area contributed by atoms with E-state index in [4.69, 9.17) is 17.3 Å². The van der Waals surface area contributed by atoms with Crippen molar-refractivity contribution in [3.05, 3.63) is 33.5 Å². The Labute approximate surface area is 75.5 Å². The number of hydrogen-bond acceptors (Lipinski definition) is 2. The van der Waals surface area contributed by atoms with Gasteiger partial charge in [0.2, 0.25) is 0 Å². The lowest BCUT2D eigenvalue weighted by molar-refractivity contribution is 0.939. The van der Waals surface area contributed by atoms with Crippen molar-refractivity contribution in [3.8, 4) is 0 Å². The molecule has 0 unspecified atom stereocenters. The van der Waals surface area contributed by atoms with Crippen LogP contribution in [0.3, 0.4) is 0 Å². The molecule has 1 aromatic heterocycles. The average Bonchev–Trinajstić information content (AvgIpc) is 2.32. The molecule has 0 bridgehead atoms.